The summed E-state index contributed by atoms with van der Waals surface area (Å²) in [6.07, 6.45) is 2.52. The van der Waals surface area contributed by atoms with Crippen molar-refractivity contribution in [2.45, 2.75) is 40.7 Å². The summed E-state index contributed by atoms with van der Waals surface area (Å²) < 4.78 is 10.7. The van der Waals surface area contributed by atoms with E-state index in [4.69, 9.17) is 9.47 Å². The summed E-state index contributed by atoms with van der Waals surface area (Å²) in [5, 5.41) is 0. The highest BCUT2D eigenvalue weighted by atomic mass is 16.6. The first-order valence-electron chi connectivity index (χ1n) is 8.41. The molecule has 0 aliphatic rings. The molecule has 0 aliphatic heterocycles. The maximum Gasteiger partial charge on any atom is 0.331 e. The van der Waals surface area contributed by atoms with Gasteiger partial charge in [0.1, 0.15) is 6.10 Å². The molecule has 4 heteroatoms. The SMILES string of the molecule is CC(C)COC(=O)C(C(C)C)C(C)OC(=O)C=Cc1ccccc1. The molecule has 1 rings (SSSR count). The molecule has 0 aliphatic carbocycles. The van der Waals surface area contributed by atoms with Gasteiger partial charge in [-0.05, 0) is 30.4 Å². The van der Waals surface area contributed by atoms with E-state index in [-0.39, 0.29) is 17.8 Å². The quantitative estimate of drug-likeness (QED) is 0.531. The van der Waals surface area contributed by atoms with Gasteiger partial charge in [-0.25, -0.2) is 4.79 Å². The van der Waals surface area contributed by atoms with E-state index in [0.717, 1.165) is 5.56 Å². The minimum absolute atomic E-state index is 0.0190. The van der Waals surface area contributed by atoms with Crippen molar-refractivity contribution in [2.24, 2.45) is 17.8 Å². The maximum absolute atomic E-state index is 12.3. The first kappa shape index (κ1) is 19.9. The van der Waals surface area contributed by atoms with Crippen molar-refractivity contribution in [3.63, 3.8) is 0 Å². The molecule has 0 bridgehead atoms. The van der Waals surface area contributed by atoms with Crippen LogP contribution in [0.4, 0.5) is 0 Å². The number of hydrogen-bond donors (Lipinski definition) is 0. The molecule has 0 N–H and O–H groups in total. The van der Waals surface area contributed by atoms with E-state index < -0.39 is 18.0 Å². The largest absolute Gasteiger partial charge is 0.465 e. The van der Waals surface area contributed by atoms with Crippen molar-refractivity contribution in [1.82, 2.24) is 0 Å². The second-order valence-corrected chi connectivity index (χ2v) is 6.68. The molecule has 4 nitrogen and oxygen atoms in total. The molecule has 2 atom stereocenters. The highest BCUT2D eigenvalue weighted by molar-refractivity contribution is 5.87. The number of hydrogen-bond acceptors (Lipinski definition) is 4. The lowest BCUT2D eigenvalue weighted by Gasteiger charge is -2.25. The molecule has 1 aromatic carbocycles. The first-order chi connectivity index (χ1) is 11.3. The second kappa shape index (κ2) is 9.91. The zero-order valence-corrected chi connectivity index (χ0v) is 15.2. The number of rotatable bonds is 8. The highest BCUT2D eigenvalue weighted by Gasteiger charge is 2.32. The van der Waals surface area contributed by atoms with Crippen molar-refractivity contribution in [1.29, 1.82) is 0 Å². The Bertz CT molecular complexity index is 546. The van der Waals surface area contributed by atoms with Crippen molar-refractivity contribution in [2.75, 3.05) is 6.61 Å². The third-order valence-corrected chi connectivity index (χ3v) is 3.57. The zero-order chi connectivity index (χ0) is 18.1. The smallest absolute Gasteiger partial charge is 0.331 e. The predicted octanol–water partition coefficient (Wildman–Crippen LogP) is 4.10. The van der Waals surface area contributed by atoms with E-state index in [0.29, 0.717) is 6.61 Å². The number of benzene rings is 1. The topological polar surface area (TPSA) is 52.6 Å². The summed E-state index contributed by atoms with van der Waals surface area (Å²) in [4.78, 5) is 24.2. The fourth-order valence-electron chi connectivity index (χ4n) is 2.38. The average Bonchev–Trinajstić information content (AvgIpc) is 2.51. The molecule has 0 fully saturated rings. The normalized spacial score (nSPS) is 14.0. The van der Waals surface area contributed by atoms with Crippen LogP contribution < -0.4 is 0 Å². The summed E-state index contributed by atoms with van der Waals surface area (Å²) in [5.41, 5.74) is 0.916. The van der Waals surface area contributed by atoms with Gasteiger partial charge < -0.3 is 9.47 Å². The van der Waals surface area contributed by atoms with Crippen molar-refractivity contribution in [3.05, 3.63) is 42.0 Å². The second-order valence-electron chi connectivity index (χ2n) is 6.68. The molecule has 0 saturated carbocycles. The van der Waals surface area contributed by atoms with Gasteiger partial charge in [-0.15, -0.1) is 0 Å². The first-order valence-corrected chi connectivity index (χ1v) is 8.41. The summed E-state index contributed by atoms with van der Waals surface area (Å²) >= 11 is 0. The van der Waals surface area contributed by atoms with Gasteiger partial charge in [-0.1, -0.05) is 58.0 Å². The lowest BCUT2D eigenvalue weighted by atomic mass is 9.91. The fourth-order valence-corrected chi connectivity index (χ4v) is 2.38. The van der Waals surface area contributed by atoms with Gasteiger partial charge in [-0.2, -0.15) is 0 Å². The number of esters is 2. The molecule has 0 radical (unpaired) electrons. The van der Waals surface area contributed by atoms with Crippen LogP contribution in [-0.4, -0.2) is 24.6 Å². The molecule has 2 unspecified atom stereocenters. The Labute approximate surface area is 144 Å². The minimum Gasteiger partial charge on any atom is -0.465 e. The Kier molecular flexibility index (Phi) is 8.24. The van der Waals surface area contributed by atoms with E-state index in [1.165, 1.54) is 6.08 Å². The number of ether oxygens (including phenoxy) is 2. The molecule has 0 aromatic heterocycles. The highest BCUT2D eigenvalue weighted by Crippen LogP contribution is 2.20. The van der Waals surface area contributed by atoms with Gasteiger partial charge >= 0.3 is 11.9 Å². The zero-order valence-electron chi connectivity index (χ0n) is 15.2. The van der Waals surface area contributed by atoms with Crippen molar-refractivity contribution < 1.29 is 19.1 Å². The molecule has 0 saturated heterocycles. The van der Waals surface area contributed by atoms with Crippen LogP contribution in [0.2, 0.25) is 0 Å². The van der Waals surface area contributed by atoms with E-state index >= 15 is 0 Å². The van der Waals surface area contributed by atoms with Crippen LogP contribution in [0.25, 0.3) is 6.08 Å². The Balaban J connectivity index is 2.64. The molecular formula is C20H28O4. The monoisotopic (exact) mass is 332 g/mol. The standard InChI is InChI=1S/C20H28O4/c1-14(2)13-23-20(22)19(15(3)4)16(5)24-18(21)12-11-17-9-7-6-8-10-17/h6-12,14-16,19H,13H2,1-5H3. The third-order valence-electron chi connectivity index (χ3n) is 3.57. The Morgan fingerprint density at radius 1 is 1.04 bits per heavy atom. The van der Waals surface area contributed by atoms with Gasteiger partial charge in [0.25, 0.3) is 0 Å². The van der Waals surface area contributed by atoms with Gasteiger partial charge in [0.05, 0.1) is 12.5 Å². The Hall–Kier alpha value is -2.10. The lowest BCUT2D eigenvalue weighted by Crippen LogP contribution is -2.35. The summed E-state index contributed by atoms with van der Waals surface area (Å²) in [6, 6.07) is 9.49. The lowest BCUT2D eigenvalue weighted by molar-refractivity contribution is -0.161. The van der Waals surface area contributed by atoms with Crippen LogP contribution in [0.5, 0.6) is 0 Å². The molecule has 24 heavy (non-hydrogen) atoms. The Morgan fingerprint density at radius 2 is 1.67 bits per heavy atom. The minimum atomic E-state index is -0.544. The van der Waals surface area contributed by atoms with Gasteiger partial charge in [-0.3, -0.25) is 4.79 Å². The van der Waals surface area contributed by atoms with Crippen molar-refractivity contribution >= 4 is 18.0 Å². The molecule has 0 heterocycles. The Morgan fingerprint density at radius 3 is 2.21 bits per heavy atom. The van der Waals surface area contributed by atoms with Crippen LogP contribution in [0.1, 0.15) is 40.2 Å². The number of carbonyl (C=O) groups is 2. The van der Waals surface area contributed by atoms with Crippen molar-refractivity contribution in [3.8, 4) is 0 Å². The van der Waals surface area contributed by atoms with Crippen LogP contribution in [0, 0.1) is 17.8 Å². The van der Waals surface area contributed by atoms with Crippen LogP contribution in [-0.2, 0) is 19.1 Å². The summed E-state index contributed by atoms with van der Waals surface area (Å²) in [7, 11) is 0. The third kappa shape index (κ3) is 6.99. The molecule has 0 spiro atoms. The van der Waals surface area contributed by atoms with E-state index in [2.05, 4.69) is 0 Å². The van der Waals surface area contributed by atoms with Gasteiger partial charge in [0, 0.05) is 6.08 Å². The summed E-state index contributed by atoms with van der Waals surface area (Å²) in [5.74, 6) is -0.962. The molecular weight excluding hydrogens is 304 g/mol. The van der Waals surface area contributed by atoms with E-state index in [1.54, 1.807) is 13.0 Å². The van der Waals surface area contributed by atoms with E-state index in [9.17, 15) is 9.59 Å². The van der Waals surface area contributed by atoms with Crippen LogP contribution >= 0.6 is 0 Å². The molecule has 132 valence electrons. The average molecular weight is 332 g/mol. The molecule has 0 amide bonds. The fraction of sp³-hybridized carbons (Fsp3) is 0.500. The number of carbonyl (C=O) groups excluding carboxylic acids is 2. The molecule has 1 aromatic rings. The van der Waals surface area contributed by atoms with Crippen LogP contribution in [0.3, 0.4) is 0 Å². The van der Waals surface area contributed by atoms with Gasteiger partial charge in [0.15, 0.2) is 0 Å². The van der Waals surface area contributed by atoms with Crippen LogP contribution in [0.15, 0.2) is 36.4 Å². The predicted molar refractivity (Wildman–Crippen MR) is 95.2 cm³/mol. The summed E-state index contributed by atoms with van der Waals surface area (Å²) in [6.45, 7) is 9.91. The van der Waals surface area contributed by atoms with Gasteiger partial charge in [0.2, 0.25) is 0 Å². The van der Waals surface area contributed by atoms with E-state index in [1.807, 2.05) is 58.0 Å². The maximum atomic E-state index is 12.3.